The van der Waals surface area contributed by atoms with E-state index in [9.17, 15) is 0 Å². The third kappa shape index (κ3) is 4.72. The average Bonchev–Trinajstić information content (AvgIpc) is 2.48. The number of rotatable bonds is 6. The zero-order valence-corrected chi connectivity index (χ0v) is 14.6. The van der Waals surface area contributed by atoms with E-state index in [1.165, 1.54) is 61.6 Å². The van der Waals surface area contributed by atoms with Crippen LogP contribution in [0.1, 0.15) is 74.6 Å². The molecule has 1 fully saturated rings. The zero-order valence-electron chi connectivity index (χ0n) is 13.8. The van der Waals surface area contributed by atoms with Crippen LogP contribution in [0.2, 0.25) is 5.02 Å². The van der Waals surface area contributed by atoms with Crippen molar-refractivity contribution in [3.8, 4) is 0 Å². The van der Waals surface area contributed by atoms with Gasteiger partial charge in [0.2, 0.25) is 0 Å². The Labute approximate surface area is 135 Å². The van der Waals surface area contributed by atoms with Gasteiger partial charge in [-0.1, -0.05) is 56.7 Å². The molecule has 1 aliphatic rings. The zero-order chi connectivity index (χ0) is 15.2. The topological polar surface area (TPSA) is 12.0 Å². The lowest BCUT2D eigenvalue weighted by atomic mass is 9.82. The van der Waals surface area contributed by atoms with Crippen LogP contribution in [0.25, 0.3) is 0 Å². The van der Waals surface area contributed by atoms with Gasteiger partial charge in [-0.15, -0.1) is 0 Å². The molecular formula is C19H30ClN. The molecule has 1 atom stereocenters. The van der Waals surface area contributed by atoms with Gasteiger partial charge in [0.25, 0.3) is 0 Å². The van der Waals surface area contributed by atoms with Crippen molar-refractivity contribution in [1.29, 1.82) is 0 Å². The number of hydrogen-bond acceptors (Lipinski definition) is 1. The summed E-state index contributed by atoms with van der Waals surface area (Å²) < 4.78 is 0. The second kappa shape index (κ2) is 8.19. The van der Waals surface area contributed by atoms with Gasteiger partial charge in [0.05, 0.1) is 0 Å². The molecule has 0 aromatic heterocycles. The normalized spacial score (nSPS) is 17.9. The number of halogens is 1. The first-order chi connectivity index (χ1) is 10.1. The largest absolute Gasteiger partial charge is 0.310 e. The van der Waals surface area contributed by atoms with Crippen LogP contribution in [0.4, 0.5) is 0 Å². The van der Waals surface area contributed by atoms with Gasteiger partial charge in [-0.2, -0.15) is 0 Å². The van der Waals surface area contributed by atoms with Crippen molar-refractivity contribution in [2.45, 2.75) is 71.8 Å². The van der Waals surface area contributed by atoms with E-state index >= 15 is 0 Å². The van der Waals surface area contributed by atoms with Crippen LogP contribution >= 0.6 is 11.6 Å². The fourth-order valence-electron chi connectivity index (χ4n) is 3.57. The van der Waals surface area contributed by atoms with Crippen LogP contribution in [0.3, 0.4) is 0 Å². The van der Waals surface area contributed by atoms with Crippen molar-refractivity contribution in [3.63, 3.8) is 0 Å². The lowest BCUT2D eigenvalue weighted by molar-refractivity contribution is 0.299. The molecule has 0 amide bonds. The minimum atomic E-state index is 0.490. The summed E-state index contributed by atoms with van der Waals surface area (Å²) in [7, 11) is 0. The van der Waals surface area contributed by atoms with Crippen LogP contribution < -0.4 is 5.32 Å². The first-order valence-electron chi connectivity index (χ1n) is 8.61. The fourth-order valence-corrected chi connectivity index (χ4v) is 3.79. The van der Waals surface area contributed by atoms with E-state index in [4.69, 9.17) is 11.6 Å². The monoisotopic (exact) mass is 307 g/mol. The maximum absolute atomic E-state index is 6.27. The Balaban J connectivity index is 2.16. The highest BCUT2D eigenvalue weighted by Gasteiger charge is 2.21. The minimum absolute atomic E-state index is 0.490. The smallest absolute Gasteiger partial charge is 0.0438 e. The average molecular weight is 308 g/mol. The summed E-state index contributed by atoms with van der Waals surface area (Å²) in [6.07, 6.45) is 9.57. The summed E-state index contributed by atoms with van der Waals surface area (Å²) >= 11 is 6.27. The predicted octanol–water partition coefficient (Wildman–Crippen LogP) is 5.97. The third-order valence-corrected chi connectivity index (χ3v) is 5.26. The van der Waals surface area contributed by atoms with Crippen LogP contribution in [0.15, 0.2) is 12.1 Å². The number of nitrogens with one attached hydrogen (secondary N) is 1. The van der Waals surface area contributed by atoms with Crippen LogP contribution in [0, 0.1) is 19.8 Å². The van der Waals surface area contributed by atoms with Gasteiger partial charge >= 0.3 is 0 Å². The van der Waals surface area contributed by atoms with Crippen LogP contribution in [0.5, 0.6) is 0 Å². The maximum Gasteiger partial charge on any atom is 0.0438 e. The maximum atomic E-state index is 6.27. The summed E-state index contributed by atoms with van der Waals surface area (Å²) in [4.78, 5) is 0. The van der Waals surface area contributed by atoms with Gasteiger partial charge in [-0.25, -0.2) is 0 Å². The lowest BCUT2D eigenvalue weighted by Crippen LogP contribution is -2.26. The highest BCUT2D eigenvalue weighted by Crippen LogP contribution is 2.34. The molecule has 0 heterocycles. The lowest BCUT2D eigenvalue weighted by Gasteiger charge is -2.29. The van der Waals surface area contributed by atoms with Gasteiger partial charge in [0, 0.05) is 11.1 Å². The molecule has 0 bridgehead atoms. The van der Waals surface area contributed by atoms with E-state index < -0.39 is 0 Å². The summed E-state index contributed by atoms with van der Waals surface area (Å²) in [5.41, 5.74) is 3.98. The Morgan fingerprint density at radius 2 is 1.86 bits per heavy atom. The van der Waals surface area contributed by atoms with Crippen LogP contribution in [-0.2, 0) is 0 Å². The molecule has 2 rings (SSSR count). The van der Waals surface area contributed by atoms with Gasteiger partial charge in [-0.3, -0.25) is 0 Å². The van der Waals surface area contributed by atoms with E-state index in [1.807, 2.05) is 0 Å². The summed E-state index contributed by atoms with van der Waals surface area (Å²) in [6, 6.07) is 4.92. The quantitative estimate of drug-likeness (QED) is 0.683. The summed E-state index contributed by atoms with van der Waals surface area (Å²) in [5.74, 6) is 0.892. The van der Waals surface area contributed by atoms with Gasteiger partial charge < -0.3 is 5.32 Å². The minimum Gasteiger partial charge on any atom is -0.310 e. The Bertz CT molecular complexity index is 449. The highest BCUT2D eigenvalue weighted by atomic mass is 35.5. The van der Waals surface area contributed by atoms with E-state index in [2.05, 4.69) is 38.2 Å². The molecule has 1 aromatic carbocycles. The first-order valence-corrected chi connectivity index (χ1v) is 8.99. The second-order valence-corrected chi connectivity index (χ2v) is 7.11. The molecule has 1 aliphatic carbocycles. The number of hydrogen-bond donors (Lipinski definition) is 1. The molecular weight excluding hydrogens is 278 g/mol. The molecule has 0 spiro atoms. The molecule has 1 aromatic rings. The predicted molar refractivity (Wildman–Crippen MR) is 93.2 cm³/mol. The molecule has 1 nitrogen and oxygen atoms in total. The molecule has 118 valence electrons. The summed E-state index contributed by atoms with van der Waals surface area (Å²) in [6.45, 7) is 7.65. The standard InChI is InChI=1S/C19H30ClN/c1-4-10-21-19(13-16-8-6-5-7-9-16)17-11-15(3)18(20)12-14(17)2/h11-12,16,19,21H,4-10,13H2,1-3H3. The fraction of sp³-hybridized carbons (Fsp3) is 0.684. The number of aryl methyl sites for hydroxylation is 2. The molecule has 0 saturated heterocycles. The molecule has 1 saturated carbocycles. The van der Waals surface area contributed by atoms with Crippen molar-refractivity contribution in [2.75, 3.05) is 6.54 Å². The molecule has 21 heavy (non-hydrogen) atoms. The van der Waals surface area contributed by atoms with Crippen molar-refractivity contribution >= 4 is 11.6 Å². The SMILES string of the molecule is CCCNC(CC1CCCCC1)c1cc(C)c(Cl)cc1C. The van der Waals surface area contributed by atoms with E-state index in [0.29, 0.717) is 6.04 Å². The Kier molecular flexibility index (Phi) is 6.57. The molecule has 0 radical (unpaired) electrons. The van der Waals surface area contributed by atoms with E-state index in [0.717, 1.165) is 17.5 Å². The Morgan fingerprint density at radius 3 is 2.52 bits per heavy atom. The van der Waals surface area contributed by atoms with Crippen LogP contribution in [-0.4, -0.2) is 6.54 Å². The van der Waals surface area contributed by atoms with E-state index in [1.54, 1.807) is 0 Å². The van der Waals surface area contributed by atoms with Gasteiger partial charge in [0.1, 0.15) is 0 Å². The van der Waals surface area contributed by atoms with Crippen molar-refractivity contribution < 1.29 is 0 Å². The van der Waals surface area contributed by atoms with Crippen molar-refractivity contribution in [1.82, 2.24) is 5.32 Å². The third-order valence-electron chi connectivity index (χ3n) is 4.86. The van der Waals surface area contributed by atoms with Gasteiger partial charge in [-0.05, 0) is 61.9 Å². The highest BCUT2D eigenvalue weighted by molar-refractivity contribution is 6.31. The van der Waals surface area contributed by atoms with Crippen molar-refractivity contribution in [3.05, 3.63) is 33.8 Å². The molecule has 2 heteroatoms. The molecule has 1 N–H and O–H groups in total. The molecule has 1 unspecified atom stereocenters. The second-order valence-electron chi connectivity index (χ2n) is 6.70. The van der Waals surface area contributed by atoms with Crippen molar-refractivity contribution in [2.24, 2.45) is 5.92 Å². The Morgan fingerprint density at radius 1 is 1.14 bits per heavy atom. The summed E-state index contributed by atoms with van der Waals surface area (Å²) in [5, 5.41) is 4.67. The molecule has 0 aliphatic heterocycles. The van der Waals surface area contributed by atoms with E-state index in [-0.39, 0.29) is 0 Å². The van der Waals surface area contributed by atoms with Gasteiger partial charge in [0.15, 0.2) is 0 Å². The Hall–Kier alpha value is -0.530. The number of benzene rings is 1. The first kappa shape index (κ1) is 16.8.